The zero-order valence-electron chi connectivity index (χ0n) is 11.6. The lowest BCUT2D eigenvalue weighted by Gasteiger charge is -2.17. The Kier molecular flexibility index (Phi) is 5.76. The molecule has 0 radical (unpaired) electrons. The van der Waals surface area contributed by atoms with Crippen LogP contribution in [-0.4, -0.2) is 43.8 Å². The predicted molar refractivity (Wildman–Crippen MR) is 80.8 cm³/mol. The van der Waals surface area contributed by atoms with Gasteiger partial charge in [-0.25, -0.2) is 12.8 Å². The highest BCUT2D eigenvalue weighted by Crippen LogP contribution is 2.18. The fraction of sp³-hybridized carbons (Fsp3) is 0.333. The first-order valence-electron chi connectivity index (χ1n) is 6.02. The van der Waals surface area contributed by atoms with E-state index in [2.05, 4.69) is 17.5 Å². The van der Waals surface area contributed by atoms with Gasteiger partial charge in [-0.3, -0.25) is 4.79 Å². The summed E-state index contributed by atoms with van der Waals surface area (Å²) in [4.78, 5) is 11.0. The third kappa shape index (κ3) is 4.19. The molecule has 0 aliphatic heterocycles. The van der Waals surface area contributed by atoms with E-state index >= 15 is 0 Å². The Balaban J connectivity index is 3.10. The number of thiocarbonyl (C=S) groups is 1. The Bertz CT molecular complexity index is 662. The van der Waals surface area contributed by atoms with Gasteiger partial charge in [0.15, 0.2) is 0 Å². The van der Waals surface area contributed by atoms with Crippen LogP contribution in [0.4, 0.5) is 4.39 Å². The van der Waals surface area contributed by atoms with Gasteiger partial charge in [0.05, 0.1) is 11.4 Å². The van der Waals surface area contributed by atoms with Crippen molar-refractivity contribution in [1.29, 1.82) is 0 Å². The molecule has 0 bridgehead atoms. The number of halogens is 1. The second-order valence-corrected chi connectivity index (χ2v) is 6.71. The van der Waals surface area contributed by atoms with Crippen molar-refractivity contribution in [3.05, 3.63) is 29.6 Å². The van der Waals surface area contributed by atoms with Gasteiger partial charge in [0.2, 0.25) is 15.9 Å². The van der Waals surface area contributed by atoms with Crippen molar-refractivity contribution in [3.8, 4) is 0 Å². The molecule has 0 aliphatic carbocycles. The summed E-state index contributed by atoms with van der Waals surface area (Å²) in [5.41, 5.74) is 5.19. The van der Waals surface area contributed by atoms with Crippen molar-refractivity contribution in [2.24, 2.45) is 5.73 Å². The number of carbonyl (C=O) groups excluding carboxylic acids is 1. The van der Waals surface area contributed by atoms with Crippen LogP contribution in [0.5, 0.6) is 0 Å². The first-order valence-corrected chi connectivity index (χ1v) is 7.87. The molecule has 9 heteroatoms. The van der Waals surface area contributed by atoms with Crippen LogP contribution in [0, 0.1) is 5.82 Å². The zero-order chi connectivity index (χ0) is 16.2. The smallest absolute Gasteiger partial charge is 0.243 e. The van der Waals surface area contributed by atoms with Gasteiger partial charge in [-0.1, -0.05) is 12.2 Å². The Labute approximate surface area is 128 Å². The third-order valence-electron chi connectivity index (χ3n) is 2.65. The standard InChI is InChI=1S/C12H16FN3O3S2/c1-3-15-11(17)7-16(2)21(18,19)8-4-5-10(13)9(6-8)12(14)20/h4-6H,3,7H2,1-2H3,(H2,14,20)(H,15,17). The quantitative estimate of drug-likeness (QED) is 0.727. The molecule has 0 saturated carbocycles. The van der Waals surface area contributed by atoms with E-state index in [1.54, 1.807) is 6.92 Å². The molecule has 1 aromatic carbocycles. The van der Waals surface area contributed by atoms with Gasteiger partial charge in [0, 0.05) is 19.2 Å². The van der Waals surface area contributed by atoms with Crippen LogP contribution in [0.1, 0.15) is 12.5 Å². The molecule has 0 aromatic heterocycles. The van der Waals surface area contributed by atoms with E-state index in [9.17, 15) is 17.6 Å². The van der Waals surface area contributed by atoms with E-state index in [4.69, 9.17) is 5.73 Å². The molecule has 0 unspecified atom stereocenters. The van der Waals surface area contributed by atoms with Gasteiger partial charge >= 0.3 is 0 Å². The van der Waals surface area contributed by atoms with Crippen molar-refractivity contribution in [2.75, 3.05) is 20.1 Å². The van der Waals surface area contributed by atoms with Crippen LogP contribution < -0.4 is 11.1 Å². The molecule has 0 aliphatic rings. The molecule has 21 heavy (non-hydrogen) atoms. The van der Waals surface area contributed by atoms with Gasteiger partial charge in [-0.05, 0) is 25.1 Å². The van der Waals surface area contributed by atoms with Crippen LogP contribution in [0.2, 0.25) is 0 Å². The summed E-state index contributed by atoms with van der Waals surface area (Å²) in [6.45, 7) is 1.78. The SMILES string of the molecule is CCNC(=O)CN(C)S(=O)(=O)c1ccc(F)c(C(N)=S)c1. The lowest BCUT2D eigenvalue weighted by Crippen LogP contribution is -2.38. The number of rotatable bonds is 6. The number of sulfonamides is 1. The molecule has 1 amide bonds. The first kappa shape index (κ1) is 17.5. The number of nitrogens with two attached hydrogens (primary N) is 1. The Morgan fingerprint density at radius 2 is 2.10 bits per heavy atom. The minimum atomic E-state index is -3.93. The number of hydrogen-bond donors (Lipinski definition) is 2. The molecule has 0 saturated heterocycles. The van der Waals surface area contributed by atoms with Crippen molar-refractivity contribution in [2.45, 2.75) is 11.8 Å². The average Bonchev–Trinajstić information content (AvgIpc) is 2.38. The predicted octanol–water partition coefficient (Wildman–Crippen LogP) is 0.217. The van der Waals surface area contributed by atoms with E-state index in [-0.39, 0.29) is 22.0 Å². The van der Waals surface area contributed by atoms with Crippen molar-refractivity contribution < 1.29 is 17.6 Å². The molecule has 3 N–H and O–H groups in total. The van der Waals surface area contributed by atoms with E-state index in [1.165, 1.54) is 7.05 Å². The van der Waals surface area contributed by atoms with Gasteiger partial charge in [-0.15, -0.1) is 0 Å². The van der Waals surface area contributed by atoms with Crippen molar-refractivity contribution in [1.82, 2.24) is 9.62 Å². The topological polar surface area (TPSA) is 92.5 Å². The fourth-order valence-electron chi connectivity index (χ4n) is 1.57. The maximum atomic E-state index is 13.5. The molecule has 6 nitrogen and oxygen atoms in total. The lowest BCUT2D eigenvalue weighted by atomic mass is 10.2. The van der Waals surface area contributed by atoms with E-state index in [1.807, 2.05) is 0 Å². The summed E-state index contributed by atoms with van der Waals surface area (Å²) >= 11 is 4.67. The zero-order valence-corrected chi connectivity index (χ0v) is 13.2. The van der Waals surface area contributed by atoms with Gasteiger partial charge in [-0.2, -0.15) is 4.31 Å². The van der Waals surface area contributed by atoms with E-state index in [0.717, 1.165) is 22.5 Å². The number of hydrogen-bond acceptors (Lipinski definition) is 4. The summed E-state index contributed by atoms with van der Waals surface area (Å²) in [5.74, 6) is -1.13. The van der Waals surface area contributed by atoms with Gasteiger partial charge < -0.3 is 11.1 Å². The highest BCUT2D eigenvalue weighted by Gasteiger charge is 2.24. The number of amides is 1. The summed E-state index contributed by atoms with van der Waals surface area (Å²) in [6, 6.07) is 3.13. The van der Waals surface area contributed by atoms with Gasteiger partial charge in [0.25, 0.3) is 0 Å². The van der Waals surface area contributed by atoms with Gasteiger partial charge in [0.1, 0.15) is 10.8 Å². The Hall–Kier alpha value is -1.58. The number of carbonyl (C=O) groups is 1. The second kappa shape index (κ2) is 6.92. The number of benzene rings is 1. The largest absolute Gasteiger partial charge is 0.389 e. The Morgan fingerprint density at radius 1 is 1.48 bits per heavy atom. The maximum absolute atomic E-state index is 13.5. The highest BCUT2D eigenvalue weighted by atomic mass is 32.2. The molecule has 0 spiro atoms. The molecular weight excluding hydrogens is 317 g/mol. The molecule has 0 heterocycles. The molecule has 0 atom stereocenters. The second-order valence-electron chi connectivity index (χ2n) is 4.22. The monoisotopic (exact) mass is 333 g/mol. The van der Waals surface area contributed by atoms with E-state index in [0.29, 0.717) is 6.54 Å². The molecule has 1 rings (SSSR count). The number of nitrogens with zero attached hydrogens (tertiary/aromatic N) is 1. The first-order chi connectivity index (χ1) is 9.70. The van der Waals surface area contributed by atoms with Crippen LogP contribution in [0.3, 0.4) is 0 Å². The molecule has 1 aromatic rings. The van der Waals surface area contributed by atoms with Crippen molar-refractivity contribution in [3.63, 3.8) is 0 Å². The van der Waals surface area contributed by atoms with Crippen molar-refractivity contribution >= 4 is 33.1 Å². The molecule has 0 fully saturated rings. The summed E-state index contributed by atoms with van der Waals surface area (Å²) in [5, 5.41) is 2.49. The van der Waals surface area contributed by atoms with E-state index < -0.39 is 21.7 Å². The summed E-state index contributed by atoms with van der Waals surface area (Å²) in [6.07, 6.45) is 0. The van der Waals surface area contributed by atoms with Crippen LogP contribution >= 0.6 is 12.2 Å². The third-order valence-corrected chi connectivity index (χ3v) is 4.67. The Morgan fingerprint density at radius 3 is 2.62 bits per heavy atom. The van der Waals surface area contributed by atoms with Crippen LogP contribution in [0.25, 0.3) is 0 Å². The normalized spacial score (nSPS) is 11.4. The number of nitrogens with one attached hydrogen (secondary N) is 1. The lowest BCUT2D eigenvalue weighted by molar-refractivity contribution is -0.121. The fourth-order valence-corrected chi connectivity index (χ4v) is 2.88. The highest BCUT2D eigenvalue weighted by molar-refractivity contribution is 7.89. The minimum Gasteiger partial charge on any atom is -0.389 e. The molecular formula is C12H16FN3O3S2. The summed E-state index contributed by atoms with van der Waals surface area (Å²) < 4.78 is 38.9. The maximum Gasteiger partial charge on any atom is 0.243 e. The average molecular weight is 333 g/mol. The summed E-state index contributed by atoms with van der Waals surface area (Å²) in [7, 11) is -2.68. The molecule has 116 valence electrons. The minimum absolute atomic E-state index is 0.155. The van der Waals surface area contributed by atoms with Crippen LogP contribution in [0.15, 0.2) is 23.1 Å². The number of likely N-dealkylation sites (N-methyl/N-ethyl adjacent to an activating group) is 2. The van der Waals surface area contributed by atoms with Crippen LogP contribution in [-0.2, 0) is 14.8 Å².